The molecule has 0 aromatic carbocycles. The van der Waals surface area contributed by atoms with Crippen molar-refractivity contribution in [3.05, 3.63) is 29.7 Å². The quantitative estimate of drug-likeness (QED) is 0.830. The first-order valence-corrected chi connectivity index (χ1v) is 5.00. The summed E-state index contributed by atoms with van der Waals surface area (Å²) in [5.74, 6) is 0.710. The maximum absolute atomic E-state index is 8.65. The Labute approximate surface area is 98.1 Å². The Morgan fingerprint density at radius 3 is 2.65 bits per heavy atom. The molecular weight excluding hydrogens is 218 g/mol. The second-order valence-corrected chi connectivity index (χ2v) is 4.19. The number of hydrogen-bond donors (Lipinski definition) is 1. The number of hydrogen-bond acceptors (Lipinski definition) is 6. The zero-order chi connectivity index (χ0) is 12.5. The van der Waals surface area contributed by atoms with Gasteiger partial charge in [-0.1, -0.05) is 5.16 Å². The van der Waals surface area contributed by atoms with Crippen molar-refractivity contribution in [2.24, 2.45) is 5.73 Å². The van der Waals surface area contributed by atoms with E-state index in [2.05, 4.69) is 15.1 Å². The molecule has 0 saturated heterocycles. The molecule has 2 N–H and O–H groups in total. The molecular formula is C11H11N5O. The molecule has 2 rings (SSSR count). The van der Waals surface area contributed by atoms with Crippen LogP contribution in [0.5, 0.6) is 0 Å². The van der Waals surface area contributed by atoms with E-state index in [9.17, 15) is 0 Å². The Morgan fingerprint density at radius 1 is 1.41 bits per heavy atom. The zero-order valence-electron chi connectivity index (χ0n) is 9.51. The topological polar surface area (TPSA) is 102 Å². The van der Waals surface area contributed by atoms with Crippen LogP contribution in [0.1, 0.15) is 25.2 Å². The third kappa shape index (κ3) is 2.29. The highest BCUT2D eigenvalue weighted by molar-refractivity contribution is 5.47. The summed E-state index contributed by atoms with van der Waals surface area (Å²) in [6.45, 7) is 3.57. The van der Waals surface area contributed by atoms with Crippen molar-refractivity contribution in [1.29, 1.82) is 5.26 Å². The van der Waals surface area contributed by atoms with Crippen LogP contribution in [0.15, 0.2) is 22.9 Å². The lowest BCUT2D eigenvalue weighted by Gasteiger charge is -2.11. The molecule has 0 atom stereocenters. The number of aromatic nitrogens is 3. The standard InChI is InChI=1S/C11H11N5O/c1-11(2,13)10-15-9(17-16-10)8-4-3-7(5-12)6-14-8/h3-4,6H,13H2,1-2H3. The number of nitrogens with two attached hydrogens (primary N) is 1. The SMILES string of the molecule is CC(C)(N)c1noc(-c2ccc(C#N)cn2)n1. The van der Waals surface area contributed by atoms with Gasteiger partial charge in [0.05, 0.1) is 11.1 Å². The fourth-order valence-electron chi connectivity index (χ4n) is 1.18. The second-order valence-electron chi connectivity index (χ2n) is 4.19. The summed E-state index contributed by atoms with van der Waals surface area (Å²) < 4.78 is 5.06. The van der Waals surface area contributed by atoms with Crippen molar-refractivity contribution in [2.45, 2.75) is 19.4 Å². The van der Waals surface area contributed by atoms with Gasteiger partial charge in [-0.3, -0.25) is 0 Å². The Hall–Kier alpha value is -2.26. The highest BCUT2D eigenvalue weighted by atomic mass is 16.5. The average Bonchev–Trinajstić information content (AvgIpc) is 2.78. The molecule has 0 aliphatic heterocycles. The van der Waals surface area contributed by atoms with E-state index in [-0.39, 0.29) is 0 Å². The normalized spacial score (nSPS) is 11.2. The molecule has 2 aromatic heterocycles. The summed E-state index contributed by atoms with van der Waals surface area (Å²) in [5, 5.41) is 12.4. The maximum atomic E-state index is 8.65. The molecule has 0 spiro atoms. The number of nitrogens with zero attached hydrogens (tertiary/aromatic N) is 4. The van der Waals surface area contributed by atoms with Gasteiger partial charge in [-0.2, -0.15) is 10.2 Å². The first-order chi connectivity index (χ1) is 8.00. The Kier molecular flexibility index (Phi) is 2.61. The van der Waals surface area contributed by atoms with Crippen molar-refractivity contribution in [3.8, 4) is 17.7 Å². The van der Waals surface area contributed by atoms with Gasteiger partial charge in [0, 0.05) is 6.20 Å². The predicted molar refractivity (Wildman–Crippen MR) is 59.5 cm³/mol. The lowest BCUT2D eigenvalue weighted by Crippen LogP contribution is -2.30. The van der Waals surface area contributed by atoms with Crippen molar-refractivity contribution in [3.63, 3.8) is 0 Å². The number of nitriles is 1. The van der Waals surface area contributed by atoms with Crippen LogP contribution in [-0.2, 0) is 5.54 Å². The molecule has 0 aliphatic rings. The van der Waals surface area contributed by atoms with Crippen LogP contribution in [0.2, 0.25) is 0 Å². The minimum atomic E-state index is -0.658. The van der Waals surface area contributed by atoms with Crippen LogP contribution in [0.4, 0.5) is 0 Å². The van der Waals surface area contributed by atoms with E-state index < -0.39 is 5.54 Å². The summed E-state index contributed by atoms with van der Waals surface area (Å²) in [6.07, 6.45) is 1.45. The highest BCUT2D eigenvalue weighted by Crippen LogP contribution is 2.19. The van der Waals surface area contributed by atoms with E-state index in [4.69, 9.17) is 15.5 Å². The van der Waals surface area contributed by atoms with Crippen molar-refractivity contribution < 1.29 is 4.52 Å². The average molecular weight is 229 g/mol. The van der Waals surface area contributed by atoms with Crippen molar-refractivity contribution in [2.75, 3.05) is 0 Å². The fourth-order valence-corrected chi connectivity index (χ4v) is 1.18. The smallest absolute Gasteiger partial charge is 0.276 e. The van der Waals surface area contributed by atoms with Crippen LogP contribution in [0.3, 0.4) is 0 Å². The van der Waals surface area contributed by atoms with E-state index in [1.165, 1.54) is 6.20 Å². The van der Waals surface area contributed by atoms with Gasteiger partial charge in [-0.15, -0.1) is 0 Å². The van der Waals surface area contributed by atoms with Gasteiger partial charge >= 0.3 is 0 Å². The van der Waals surface area contributed by atoms with Gasteiger partial charge in [-0.25, -0.2) is 4.98 Å². The Bertz CT molecular complexity index is 559. The third-order valence-corrected chi connectivity index (χ3v) is 2.11. The molecule has 0 aliphatic carbocycles. The first kappa shape index (κ1) is 11.2. The molecule has 0 unspecified atom stereocenters. The minimum absolute atomic E-state index is 0.294. The highest BCUT2D eigenvalue weighted by Gasteiger charge is 2.22. The minimum Gasteiger partial charge on any atom is -0.332 e. The largest absolute Gasteiger partial charge is 0.332 e. The summed E-state index contributed by atoms with van der Waals surface area (Å²) in [7, 11) is 0. The monoisotopic (exact) mass is 229 g/mol. The van der Waals surface area contributed by atoms with E-state index >= 15 is 0 Å². The molecule has 0 amide bonds. The summed E-state index contributed by atoms with van der Waals surface area (Å²) >= 11 is 0. The van der Waals surface area contributed by atoms with Crippen LogP contribution >= 0.6 is 0 Å². The summed E-state index contributed by atoms with van der Waals surface area (Å²) in [5.41, 5.74) is 6.19. The Morgan fingerprint density at radius 2 is 2.18 bits per heavy atom. The maximum Gasteiger partial charge on any atom is 0.276 e. The number of pyridine rings is 1. The molecule has 6 heteroatoms. The molecule has 17 heavy (non-hydrogen) atoms. The van der Waals surface area contributed by atoms with E-state index in [1.54, 1.807) is 26.0 Å². The molecule has 2 aromatic rings. The fraction of sp³-hybridized carbons (Fsp3) is 0.273. The van der Waals surface area contributed by atoms with Gasteiger partial charge in [0.25, 0.3) is 5.89 Å². The molecule has 0 radical (unpaired) electrons. The Balaban J connectivity index is 2.34. The predicted octanol–water partition coefficient (Wildman–Crippen LogP) is 1.20. The molecule has 0 saturated carbocycles. The van der Waals surface area contributed by atoms with Gasteiger partial charge in [0.15, 0.2) is 5.82 Å². The molecule has 0 fully saturated rings. The van der Waals surface area contributed by atoms with E-state index in [0.29, 0.717) is 23.0 Å². The molecule has 2 heterocycles. The van der Waals surface area contributed by atoms with Crippen LogP contribution in [-0.4, -0.2) is 15.1 Å². The first-order valence-electron chi connectivity index (χ1n) is 5.00. The second kappa shape index (κ2) is 3.96. The lowest BCUT2D eigenvalue weighted by atomic mass is 10.1. The van der Waals surface area contributed by atoms with E-state index in [0.717, 1.165) is 0 Å². The number of rotatable bonds is 2. The van der Waals surface area contributed by atoms with Gasteiger partial charge in [0.2, 0.25) is 0 Å². The van der Waals surface area contributed by atoms with Gasteiger partial charge < -0.3 is 10.3 Å². The third-order valence-electron chi connectivity index (χ3n) is 2.11. The van der Waals surface area contributed by atoms with Gasteiger partial charge in [-0.05, 0) is 26.0 Å². The van der Waals surface area contributed by atoms with Crippen molar-refractivity contribution in [1.82, 2.24) is 15.1 Å². The summed E-state index contributed by atoms with van der Waals surface area (Å²) in [4.78, 5) is 8.21. The molecule has 0 bridgehead atoms. The van der Waals surface area contributed by atoms with Crippen LogP contribution in [0, 0.1) is 11.3 Å². The van der Waals surface area contributed by atoms with Crippen LogP contribution < -0.4 is 5.73 Å². The summed E-state index contributed by atoms with van der Waals surface area (Å²) in [6, 6.07) is 5.28. The lowest BCUT2D eigenvalue weighted by molar-refractivity contribution is 0.396. The van der Waals surface area contributed by atoms with Crippen LogP contribution in [0.25, 0.3) is 11.6 Å². The van der Waals surface area contributed by atoms with Crippen molar-refractivity contribution >= 4 is 0 Å². The van der Waals surface area contributed by atoms with E-state index in [1.807, 2.05) is 6.07 Å². The van der Waals surface area contributed by atoms with Gasteiger partial charge in [0.1, 0.15) is 11.8 Å². The molecule has 86 valence electrons. The zero-order valence-corrected chi connectivity index (χ0v) is 9.51. The molecule has 6 nitrogen and oxygen atoms in total.